The Morgan fingerprint density at radius 2 is 2.28 bits per heavy atom. The van der Waals surface area contributed by atoms with Gasteiger partial charge < -0.3 is 5.32 Å². The van der Waals surface area contributed by atoms with Gasteiger partial charge in [-0.2, -0.15) is 0 Å². The third kappa shape index (κ3) is 2.87. The molecule has 100 valence electrons. The van der Waals surface area contributed by atoms with Crippen molar-refractivity contribution in [2.75, 3.05) is 19.3 Å². The fraction of sp³-hybridized carbons (Fsp3) is 0.667. The number of nitrogens with zero attached hydrogens (tertiary/aromatic N) is 2. The topological polar surface area (TPSA) is 72.0 Å². The van der Waals surface area contributed by atoms with Crippen molar-refractivity contribution in [1.29, 1.82) is 0 Å². The molecule has 0 spiro atoms. The van der Waals surface area contributed by atoms with Crippen LogP contribution < -0.4 is 5.32 Å². The summed E-state index contributed by atoms with van der Waals surface area (Å²) in [5.41, 5.74) is 0.691. The molecule has 0 amide bonds. The van der Waals surface area contributed by atoms with Crippen molar-refractivity contribution in [3.05, 3.63) is 17.7 Å². The molecular weight excluding hydrogens is 250 g/mol. The average molecular weight is 269 g/mol. The second kappa shape index (κ2) is 5.32. The molecule has 1 atom stereocenters. The van der Waals surface area contributed by atoms with E-state index in [0.29, 0.717) is 11.5 Å². The quantitative estimate of drug-likeness (QED) is 0.883. The van der Waals surface area contributed by atoms with E-state index in [1.165, 1.54) is 12.5 Å². The van der Waals surface area contributed by atoms with Crippen molar-refractivity contribution in [2.45, 2.75) is 37.0 Å². The van der Waals surface area contributed by atoms with E-state index in [1.54, 1.807) is 0 Å². The molecule has 18 heavy (non-hydrogen) atoms. The van der Waals surface area contributed by atoms with E-state index in [-0.39, 0.29) is 10.8 Å². The zero-order chi connectivity index (χ0) is 13.2. The third-order valence-electron chi connectivity index (χ3n) is 3.23. The first-order valence-corrected chi connectivity index (χ1v) is 8.18. The largest absolute Gasteiger partial charge is 0.316 e. The van der Waals surface area contributed by atoms with Crippen molar-refractivity contribution in [2.24, 2.45) is 0 Å². The van der Waals surface area contributed by atoms with E-state index >= 15 is 0 Å². The van der Waals surface area contributed by atoms with Gasteiger partial charge in [-0.1, -0.05) is 6.92 Å². The highest BCUT2D eigenvalue weighted by molar-refractivity contribution is 7.90. The summed E-state index contributed by atoms with van der Waals surface area (Å²) < 4.78 is 23.6. The minimum atomic E-state index is -3.26. The summed E-state index contributed by atoms with van der Waals surface area (Å²) in [4.78, 5) is 8.85. The first kappa shape index (κ1) is 13.4. The molecule has 1 aliphatic rings. The number of nitrogens with one attached hydrogen (secondary N) is 1. The van der Waals surface area contributed by atoms with Gasteiger partial charge in [0.15, 0.2) is 9.84 Å². The van der Waals surface area contributed by atoms with Crippen molar-refractivity contribution in [3.63, 3.8) is 0 Å². The maximum absolute atomic E-state index is 11.8. The number of aryl methyl sites for hydroxylation is 1. The average Bonchev–Trinajstić information content (AvgIpc) is 2.38. The molecule has 1 fully saturated rings. The Morgan fingerprint density at radius 1 is 1.50 bits per heavy atom. The maximum atomic E-state index is 11.8. The Labute approximate surface area is 108 Å². The molecule has 0 saturated carbocycles. The summed E-state index contributed by atoms with van der Waals surface area (Å²) >= 11 is 0. The Bertz CT molecular complexity index is 522. The van der Waals surface area contributed by atoms with Crippen LogP contribution in [0.5, 0.6) is 0 Å². The molecule has 1 saturated heterocycles. The standard InChI is InChI=1S/C12H19N3O2S/c1-3-11-14-8-10(18(2,16)17)12(15-11)9-5-4-6-13-7-9/h8-9,13H,3-7H2,1-2H3/t9-/m1/s1. The normalized spacial score (nSPS) is 20.9. The van der Waals surface area contributed by atoms with Gasteiger partial charge in [0.1, 0.15) is 10.7 Å². The zero-order valence-electron chi connectivity index (χ0n) is 10.8. The van der Waals surface area contributed by atoms with E-state index in [0.717, 1.165) is 32.4 Å². The van der Waals surface area contributed by atoms with Gasteiger partial charge in [-0.05, 0) is 19.4 Å². The van der Waals surface area contributed by atoms with Crippen molar-refractivity contribution in [3.8, 4) is 0 Å². The van der Waals surface area contributed by atoms with E-state index in [9.17, 15) is 8.42 Å². The van der Waals surface area contributed by atoms with Gasteiger partial charge in [0, 0.05) is 31.3 Å². The summed E-state index contributed by atoms with van der Waals surface area (Å²) in [7, 11) is -3.26. The molecular formula is C12H19N3O2S. The lowest BCUT2D eigenvalue weighted by Gasteiger charge is -2.23. The van der Waals surface area contributed by atoms with Crippen LogP contribution in [0, 0.1) is 0 Å². The first-order chi connectivity index (χ1) is 8.52. The lowest BCUT2D eigenvalue weighted by atomic mass is 9.96. The molecule has 1 aliphatic heterocycles. The molecule has 6 heteroatoms. The van der Waals surface area contributed by atoms with Crippen LogP contribution in [0.2, 0.25) is 0 Å². The van der Waals surface area contributed by atoms with Crippen LogP contribution in [0.25, 0.3) is 0 Å². The number of aromatic nitrogens is 2. The second-order valence-electron chi connectivity index (χ2n) is 4.70. The van der Waals surface area contributed by atoms with Gasteiger partial charge in [0.2, 0.25) is 0 Å². The van der Waals surface area contributed by atoms with Crippen LogP contribution in [0.15, 0.2) is 11.1 Å². The lowest BCUT2D eigenvalue weighted by molar-refractivity contribution is 0.446. The fourth-order valence-electron chi connectivity index (χ4n) is 2.26. The van der Waals surface area contributed by atoms with Crippen molar-refractivity contribution in [1.82, 2.24) is 15.3 Å². The van der Waals surface area contributed by atoms with E-state index in [4.69, 9.17) is 0 Å². The predicted molar refractivity (Wildman–Crippen MR) is 69.4 cm³/mol. The highest BCUT2D eigenvalue weighted by Gasteiger charge is 2.24. The van der Waals surface area contributed by atoms with Crippen molar-refractivity contribution < 1.29 is 8.42 Å². The fourth-order valence-corrected chi connectivity index (χ4v) is 3.09. The molecule has 2 heterocycles. The summed E-state index contributed by atoms with van der Waals surface area (Å²) in [6.45, 7) is 3.76. The Hall–Kier alpha value is -1.01. The molecule has 2 rings (SSSR count). The van der Waals surface area contributed by atoms with Crippen molar-refractivity contribution >= 4 is 9.84 Å². The summed E-state index contributed by atoms with van der Waals surface area (Å²) in [6.07, 6.45) is 5.44. The highest BCUT2D eigenvalue weighted by atomic mass is 32.2. The first-order valence-electron chi connectivity index (χ1n) is 6.29. The number of rotatable bonds is 3. The molecule has 0 aliphatic carbocycles. The Morgan fingerprint density at radius 3 is 2.83 bits per heavy atom. The van der Waals surface area contributed by atoms with E-state index < -0.39 is 9.84 Å². The van der Waals surface area contributed by atoms with Crippen LogP contribution in [-0.4, -0.2) is 37.7 Å². The molecule has 1 aromatic rings. The van der Waals surface area contributed by atoms with Crippen LogP contribution in [0.4, 0.5) is 0 Å². The molecule has 1 aromatic heterocycles. The van der Waals surface area contributed by atoms with Crippen LogP contribution in [0.3, 0.4) is 0 Å². The summed E-state index contributed by atoms with van der Waals surface area (Å²) in [5.74, 6) is 0.889. The lowest BCUT2D eigenvalue weighted by Crippen LogP contribution is -2.30. The second-order valence-corrected chi connectivity index (χ2v) is 6.69. The number of piperidine rings is 1. The molecule has 0 radical (unpaired) electrons. The maximum Gasteiger partial charge on any atom is 0.178 e. The molecule has 1 N–H and O–H groups in total. The Balaban J connectivity index is 2.46. The van der Waals surface area contributed by atoms with Gasteiger partial charge in [-0.3, -0.25) is 0 Å². The molecule has 0 aromatic carbocycles. The number of hydrogen-bond acceptors (Lipinski definition) is 5. The summed E-state index contributed by atoms with van der Waals surface area (Å²) in [5, 5.41) is 3.29. The van der Waals surface area contributed by atoms with Gasteiger partial charge in [-0.25, -0.2) is 18.4 Å². The number of sulfone groups is 1. The van der Waals surface area contributed by atoms with Gasteiger partial charge in [-0.15, -0.1) is 0 Å². The minimum absolute atomic E-state index is 0.178. The molecule has 0 unspecified atom stereocenters. The summed E-state index contributed by atoms with van der Waals surface area (Å²) in [6, 6.07) is 0. The van der Waals surface area contributed by atoms with Crippen LogP contribution in [-0.2, 0) is 16.3 Å². The SMILES string of the molecule is CCc1ncc(S(C)(=O)=O)c([C@@H]2CCCNC2)n1. The minimum Gasteiger partial charge on any atom is -0.316 e. The number of hydrogen-bond donors (Lipinski definition) is 1. The van der Waals surface area contributed by atoms with E-state index in [2.05, 4.69) is 15.3 Å². The highest BCUT2D eigenvalue weighted by Crippen LogP contribution is 2.27. The monoisotopic (exact) mass is 269 g/mol. The van der Waals surface area contributed by atoms with Gasteiger partial charge >= 0.3 is 0 Å². The third-order valence-corrected chi connectivity index (χ3v) is 4.35. The molecule has 0 bridgehead atoms. The van der Waals surface area contributed by atoms with E-state index in [1.807, 2.05) is 6.92 Å². The zero-order valence-corrected chi connectivity index (χ0v) is 11.6. The van der Waals surface area contributed by atoms with Crippen LogP contribution in [0.1, 0.15) is 37.2 Å². The predicted octanol–water partition coefficient (Wildman–Crippen LogP) is 0.909. The van der Waals surface area contributed by atoms with Gasteiger partial charge in [0.25, 0.3) is 0 Å². The molecule has 5 nitrogen and oxygen atoms in total. The smallest absolute Gasteiger partial charge is 0.178 e. The van der Waals surface area contributed by atoms with Gasteiger partial charge in [0.05, 0.1) is 5.69 Å². The van der Waals surface area contributed by atoms with Crippen LogP contribution >= 0.6 is 0 Å². The Kier molecular flexibility index (Phi) is 3.97.